The minimum atomic E-state index is -4.31. The van der Waals surface area contributed by atoms with Crippen LogP contribution in [0.2, 0.25) is 0 Å². The van der Waals surface area contributed by atoms with Crippen molar-refractivity contribution in [1.29, 1.82) is 0 Å². The number of nitrogens with zero attached hydrogens (tertiary/aromatic N) is 1. The van der Waals surface area contributed by atoms with Gasteiger partial charge in [-0.3, -0.25) is 0 Å². The fraction of sp³-hybridized carbons (Fsp3) is 0.917. The Labute approximate surface area is 105 Å². The first-order valence-corrected chi connectivity index (χ1v) is 6.59. The zero-order valence-corrected chi connectivity index (χ0v) is 10.3. The predicted octanol–water partition coefficient (Wildman–Crippen LogP) is 3.06. The Bertz CT molecular complexity index is 296. The van der Waals surface area contributed by atoms with Gasteiger partial charge in [0.25, 0.3) is 0 Å². The predicted molar refractivity (Wildman–Crippen MR) is 61.2 cm³/mol. The lowest BCUT2D eigenvalue weighted by molar-refractivity contribution is -0.141. The van der Waals surface area contributed by atoms with Crippen LogP contribution in [0, 0.1) is 0 Å². The summed E-state index contributed by atoms with van der Waals surface area (Å²) in [7, 11) is 0. The first kappa shape index (κ1) is 13.5. The lowest BCUT2D eigenvalue weighted by atomic mass is 9.96. The van der Waals surface area contributed by atoms with Crippen LogP contribution < -0.4 is 5.32 Å². The van der Waals surface area contributed by atoms with Gasteiger partial charge in [0.2, 0.25) is 0 Å². The number of hydrogen-bond donors (Lipinski definition) is 1. The molecule has 0 bridgehead atoms. The quantitative estimate of drug-likeness (QED) is 0.834. The van der Waals surface area contributed by atoms with E-state index < -0.39 is 18.8 Å². The molecule has 3 nitrogen and oxygen atoms in total. The zero-order chi connectivity index (χ0) is 13.2. The van der Waals surface area contributed by atoms with Crippen molar-refractivity contribution in [3.8, 4) is 0 Å². The first-order valence-electron chi connectivity index (χ1n) is 6.59. The highest BCUT2D eigenvalue weighted by molar-refractivity contribution is 5.75. The number of hydrogen-bond acceptors (Lipinski definition) is 1. The maximum Gasteiger partial charge on any atom is 0.406 e. The number of urea groups is 1. The summed E-state index contributed by atoms with van der Waals surface area (Å²) < 4.78 is 37.2. The molecule has 6 heteroatoms. The van der Waals surface area contributed by atoms with Crippen molar-refractivity contribution in [1.82, 2.24) is 10.2 Å². The monoisotopic (exact) mass is 264 g/mol. The SMILES string of the molecule is O=C(NC1CCCCC1)N(CC(F)(F)F)C1CC1. The molecule has 0 aromatic heterocycles. The lowest BCUT2D eigenvalue weighted by Crippen LogP contribution is -2.49. The minimum absolute atomic E-state index is 0.0562. The number of halogens is 3. The van der Waals surface area contributed by atoms with E-state index in [-0.39, 0.29) is 12.1 Å². The number of nitrogens with one attached hydrogen (secondary N) is 1. The highest BCUT2D eigenvalue weighted by Crippen LogP contribution is 2.30. The molecule has 0 atom stereocenters. The maximum absolute atomic E-state index is 12.4. The molecule has 0 aromatic rings. The molecular weight excluding hydrogens is 245 g/mol. The van der Waals surface area contributed by atoms with Crippen molar-refractivity contribution in [2.75, 3.05) is 6.54 Å². The van der Waals surface area contributed by atoms with Crippen LogP contribution in [0.3, 0.4) is 0 Å². The van der Waals surface area contributed by atoms with Gasteiger partial charge >= 0.3 is 12.2 Å². The minimum Gasteiger partial charge on any atom is -0.335 e. The second-order valence-electron chi connectivity index (χ2n) is 5.26. The summed E-state index contributed by atoms with van der Waals surface area (Å²) in [6, 6.07) is -0.697. The molecule has 2 aliphatic rings. The van der Waals surface area contributed by atoms with E-state index in [1.165, 1.54) is 0 Å². The van der Waals surface area contributed by atoms with Gasteiger partial charge in [0.05, 0.1) is 0 Å². The fourth-order valence-corrected chi connectivity index (χ4v) is 2.45. The summed E-state index contributed by atoms with van der Waals surface area (Å²) in [5, 5.41) is 2.75. The van der Waals surface area contributed by atoms with Gasteiger partial charge in [0, 0.05) is 12.1 Å². The molecular formula is C12H19F3N2O. The third-order valence-corrected chi connectivity index (χ3v) is 3.53. The molecule has 2 saturated carbocycles. The van der Waals surface area contributed by atoms with Crippen molar-refractivity contribution >= 4 is 6.03 Å². The Balaban J connectivity index is 1.87. The summed E-state index contributed by atoms with van der Waals surface area (Å²) in [6.07, 6.45) is 2.09. The fourth-order valence-electron chi connectivity index (χ4n) is 2.45. The lowest BCUT2D eigenvalue weighted by Gasteiger charge is -2.29. The van der Waals surface area contributed by atoms with E-state index in [0.29, 0.717) is 12.8 Å². The number of amides is 2. The van der Waals surface area contributed by atoms with Crippen molar-refractivity contribution in [2.45, 2.75) is 63.2 Å². The topological polar surface area (TPSA) is 32.3 Å². The van der Waals surface area contributed by atoms with E-state index in [4.69, 9.17) is 0 Å². The summed E-state index contributed by atoms with van der Waals surface area (Å²) in [5.74, 6) is 0. The van der Waals surface area contributed by atoms with Gasteiger partial charge in [-0.15, -0.1) is 0 Å². The van der Waals surface area contributed by atoms with Crippen molar-refractivity contribution in [3.05, 3.63) is 0 Å². The Hall–Kier alpha value is -0.940. The van der Waals surface area contributed by atoms with Gasteiger partial charge < -0.3 is 10.2 Å². The van der Waals surface area contributed by atoms with Crippen LogP contribution >= 0.6 is 0 Å². The molecule has 0 aliphatic heterocycles. The average molecular weight is 264 g/mol. The molecule has 0 saturated heterocycles. The molecule has 2 rings (SSSR count). The third kappa shape index (κ3) is 4.07. The first-order chi connectivity index (χ1) is 8.46. The van der Waals surface area contributed by atoms with E-state index in [9.17, 15) is 18.0 Å². The number of rotatable bonds is 3. The smallest absolute Gasteiger partial charge is 0.335 e. The molecule has 0 aromatic carbocycles. The second-order valence-corrected chi connectivity index (χ2v) is 5.26. The summed E-state index contributed by atoms with van der Waals surface area (Å²) >= 11 is 0. The van der Waals surface area contributed by atoms with E-state index in [0.717, 1.165) is 37.0 Å². The van der Waals surface area contributed by atoms with Crippen LogP contribution in [0.1, 0.15) is 44.9 Å². The van der Waals surface area contributed by atoms with E-state index in [1.54, 1.807) is 0 Å². The molecule has 0 unspecified atom stereocenters. The van der Waals surface area contributed by atoms with Crippen LogP contribution in [0.5, 0.6) is 0 Å². The van der Waals surface area contributed by atoms with Gasteiger partial charge in [-0.1, -0.05) is 19.3 Å². The zero-order valence-electron chi connectivity index (χ0n) is 10.3. The Morgan fingerprint density at radius 2 is 1.72 bits per heavy atom. The number of carbonyl (C=O) groups excluding carboxylic acids is 1. The molecule has 0 spiro atoms. The Morgan fingerprint density at radius 3 is 2.22 bits per heavy atom. The van der Waals surface area contributed by atoms with Crippen LogP contribution in [-0.4, -0.2) is 35.7 Å². The van der Waals surface area contributed by atoms with Crippen molar-refractivity contribution < 1.29 is 18.0 Å². The van der Waals surface area contributed by atoms with E-state index in [1.807, 2.05) is 0 Å². The highest BCUT2D eigenvalue weighted by atomic mass is 19.4. The maximum atomic E-state index is 12.4. The number of carbonyl (C=O) groups is 1. The average Bonchev–Trinajstić information content (AvgIpc) is 3.10. The van der Waals surface area contributed by atoms with Gasteiger partial charge in [-0.05, 0) is 25.7 Å². The normalized spacial score (nSPS) is 21.7. The second kappa shape index (κ2) is 5.36. The molecule has 2 fully saturated rings. The van der Waals surface area contributed by atoms with Crippen LogP contribution in [0.4, 0.5) is 18.0 Å². The third-order valence-electron chi connectivity index (χ3n) is 3.53. The highest BCUT2D eigenvalue weighted by Gasteiger charge is 2.41. The Kier molecular flexibility index (Phi) is 4.02. The summed E-state index contributed by atoms with van der Waals surface area (Å²) in [6.45, 7) is -1.13. The van der Waals surface area contributed by atoms with Crippen LogP contribution in [0.15, 0.2) is 0 Å². The van der Waals surface area contributed by atoms with Gasteiger partial charge in [0.1, 0.15) is 6.54 Å². The van der Waals surface area contributed by atoms with Gasteiger partial charge in [-0.2, -0.15) is 13.2 Å². The molecule has 104 valence electrons. The molecule has 1 N–H and O–H groups in total. The summed E-state index contributed by atoms with van der Waals surface area (Å²) in [4.78, 5) is 12.8. The Morgan fingerprint density at radius 1 is 1.11 bits per heavy atom. The van der Waals surface area contributed by atoms with Gasteiger partial charge in [-0.25, -0.2) is 4.79 Å². The van der Waals surface area contributed by atoms with Gasteiger partial charge in [0.15, 0.2) is 0 Å². The standard InChI is InChI=1S/C12H19F3N2O/c13-12(14,15)8-17(10-6-7-10)11(18)16-9-4-2-1-3-5-9/h9-10H,1-8H2,(H,16,18). The van der Waals surface area contributed by atoms with Crippen LogP contribution in [-0.2, 0) is 0 Å². The molecule has 0 radical (unpaired) electrons. The van der Waals surface area contributed by atoms with Crippen molar-refractivity contribution in [3.63, 3.8) is 0 Å². The number of alkyl halides is 3. The van der Waals surface area contributed by atoms with Crippen LogP contribution in [0.25, 0.3) is 0 Å². The molecule has 2 aliphatic carbocycles. The van der Waals surface area contributed by atoms with Crippen molar-refractivity contribution in [2.24, 2.45) is 0 Å². The van der Waals surface area contributed by atoms with E-state index in [2.05, 4.69) is 5.32 Å². The van der Waals surface area contributed by atoms with E-state index >= 15 is 0 Å². The molecule has 18 heavy (non-hydrogen) atoms. The largest absolute Gasteiger partial charge is 0.406 e. The molecule has 0 heterocycles. The molecule has 2 amide bonds. The summed E-state index contributed by atoms with van der Waals surface area (Å²) in [5.41, 5.74) is 0.